The Labute approximate surface area is 131 Å². The van der Waals surface area contributed by atoms with Crippen molar-refractivity contribution >= 4 is 17.4 Å². The molecule has 3 atom stereocenters. The maximum atomic E-state index is 12.7. The number of ketones is 1. The molecule has 3 nitrogen and oxygen atoms in total. The number of carbonyl (C=O) groups is 1. The van der Waals surface area contributed by atoms with Crippen LogP contribution in [0.1, 0.15) is 43.0 Å². The summed E-state index contributed by atoms with van der Waals surface area (Å²) in [5, 5.41) is 0.665. The fraction of sp³-hybridized carbons (Fsp3) is 0.588. The Morgan fingerprint density at radius 3 is 2.76 bits per heavy atom. The van der Waals surface area contributed by atoms with Crippen molar-refractivity contribution < 1.29 is 9.53 Å². The van der Waals surface area contributed by atoms with Crippen molar-refractivity contribution in [3.05, 3.63) is 34.9 Å². The molecule has 2 aliphatic rings. The summed E-state index contributed by atoms with van der Waals surface area (Å²) in [5.41, 5.74) is 0.741. The summed E-state index contributed by atoms with van der Waals surface area (Å²) in [5.74, 6) is 0.179. The van der Waals surface area contributed by atoms with Gasteiger partial charge in [0.25, 0.3) is 0 Å². The molecule has 1 aliphatic heterocycles. The highest BCUT2D eigenvalue weighted by Crippen LogP contribution is 2.30. The summed E-state index contributed by atoms with van der Waals surface area (Å²) in [4.78, 5) is 15.1. The molecule has 4 heteroatoms. The number of rotatable bonds is 3. The Morgan fingerprint density at radius 2 is 2.00 bits per heavy atom. The lowest BCUT2D eigenvalue weighted by molar-refractivity contribution is -0.0953. The van der Waals surface area contributed by atoms with E-state index >= 15 is 0 Å². The minimum atomic E-state index is -0.0966. The second-order valence-corrected chi connectivity index (χ2v) is 6.48. The van der Waals surface area contributed by atoms with Gasteiger partial charge in [-0.3, -0.25) is 9.69 Å². The van der Waals surface area contributed by atoms with E-state index in [-0.39, 0.29) is 11.8 Å². The van der Waals surface area contributed by atoms with Crippen LogP contribution in [0.3, 0.4) is 0 Å². The van der Waals surface area contributed by atoms with Crippen LogP contribution >= 0.6 is 11.6 Å². The Hall–Kier alpha value is -0.900. The molecule has 114 valence electrons. The summed E-state index contributed by atoms with van der Waals surface area (Å²) in [6, 6.07) is 7.51. The molecule has 1 aromatic rings. The van der Waals surface area contributed by atoms with Crippen molar-refractivity contribution in [2.75, 3.05) is 13.2 Å². The standard InChI is InChI=1S/C17H22ClNO2/c1-12(17(20)13-6-8-14(18)9-7-13)19-10-11-21-16-5-3-2-4-15(16)19/h6-9,12,15-16H,2-5,10-11H2,1H3. The van der Waals surface area contributed by atoms with E-state index in [1.807, 2.05) is 19.1 Å². The molecule has 0 N–H and O–H groups in total. The Balaban J connectivity index is 1.75. The number of hydrogen-bond acceptors (Lipinski definition) is 3. The quantitative estimate of drug-likeness (QED) is 0.800. The zero-order valence-electron chi connectivity index (χ0n) is 12.4. The number of ether oxygens (including phenoxy) is 1. The van der Waals surface area contributed by atoms with Gasteiger partial charge in [-0.05, 0) is 44.0 Å². The second kappa shape index (κ2) is 6.47. The topological polar surface area (TPSA) is 29.5 Å². The first-order valence-corrected chi connectivity index (χ1v) is 8.22. The summed E-state index contributed by atoms with van der Waals surface area (Å²) in [6.07, 6.45) is 5.07. The lowest BCUT2D eigenvalue weighted by Crippen LogP contribution is -2.57. The molecule has 0 spiro atoms. The molecule has 0 amide bonds. The molecular weight excluding hydrogens is 286 g/mol. The minimum Gasteiger partial charge on any atom is -0.375 e. The molecule has 1 saturated heterocycles. The highest BCUT2D eigenvalue weighted by Gasteiger charge is 2.38. The SMILES string of the molecule is CC(C(=O)c1ccc(Cl)cc1)N1CCOC2CCCCC21. The van der Waals surface area contributed by atoms with Crippen LogP contribution in [0.15, 0.2) is 24.3 Å². The van der Waals surface area contributed by atoms with Crippen molar-refractivity contribution in [3.63, 3.8) is 0 Å². The molecule has 21 heavy (non-hydrogen) atoms. The molecule has 0 aromatic heterocycles. The van der Waals surface area contributed by atoms with Gasteiger partial charge in [0.15, 0.2) is 5.78 Å². The third kappa shape index (κ3) is 3.15. The van der Waals surface area contributed by atoms with Crippen LogP contribution in [0.4, 0.5) is 0 Å². The van der Waals surface area contributed by atoms with Crippen LogP contribution < -0.4 is 0 Å². The Bertz CT molecular complexity index is 500. The number of nitrogens with zero attached hydrogens (tertiary/aromatic N) is 1. The predicted molar refractivity (Wildman–Crippen MR) is 83.9 cm³/mol. The van der Waals surface area contributed by atoms with Crippen molar-refractivity contribution in [2.24, 2.45) is 0 Å². The molecule has 3 unspecified atom stereocenters. The maximum Gasteiger partial charge on any atom is 0.179 e. The van der Waals surface area contributed by atoms with Gasteiger partial charge < -0.3 is 4.74 Å². The van der Waals surface area contributed by atoms with E-state index in [0.29, 0.717) is 17.2 Å². The zero-order chi connectivity index (χ0) is 14.8. The highest BCUT2D eigenvalue weighted by molar-refractivity contribution is 6.30. The van der Waals surface area contributed by atoms with Crippen LogP contribution in [0, 0.1) is 0 Å². The van der Waals surface area contributed by atoms with Crippen molar-refractivity contribution in [1.29, 1.82) is 0 Å². The number of carbonyl (C=O) groups excluding carboxylic acids is 1. The lowest BCUT2D eigenvalue weighted by atomic mass is 9.88. The summed E-state index contributed by atoms with van der Waals surface area (Å²) < 4.78 is 5.89. The fourth-order valence-corrected chi connectivity index (χ4v) is 3.74. The average molecular weight is 308 g/mol. The number of benzene rings is 1. The minimum absolute atomic E-state index is 0.0966. The third-order valence-corrected chi connectivity index (χ3v) is 5.03. The van der Waals surface area contributed by atoms with Crippen molar-refractivity contribution in [2.45, 2.75) is 50.8 Å². The predicted octanol–water partition coefficient (Wildman–Crippen LogP) is 3.55. The molecule has 1 aromatic carbocycles. The Morgan fingerprint density at radius 1 is 1.29 bits per heavy atom. The van der Waals surface area contributed by atoms with Gasteiger partial charge in [-0.25, -0.2) is 0 Å². The Kier molecular flexibility index (Phi) is 4.63. The molecular formula is C17H22ClNO2. The van der Waals surface area contributed by atoms with Crippen LogP contribution in [0.2, 0.25) is 5.02 Å². The molecule has 1 saturated carbocycles. The molecule has 1 heterocycles. The van der Waals surface area contributed by atoms with E-state index < -0.39 is 0 Å². The van der Waals surface area contributed by atoms with Gasteiger partial charge in [0, 0.05) is 23.2 Å². The van der Waals surface area contributed by atoms with Crippen LogP contribution in [-0.2, 0) is 4.74 Å². The molecule has 0 radical (unpaired) electrons. The molecule has 0 bridgehead atoms. The highest BCUT2D eigenvalue weighted by atomic mass is 35.5. The average Bonchev–Trinajstić information content (AvgIpc) is 2.53. The first kappa shape index (κ1) is 15.0. The van der Waals surface area contributed by atoms with Crippen LogP contribution in [0.25, 0.3) is 0 Å². The van der Waals surface area contributed by atoms with Gasteiger partial charge in [0.05, 0.1) is 18.8 Å². The summed E-state index contributed by atoms with van der Waals surface area (Å²) in [7, 11) is 0. The van der Waals surface area contributed by atoms with Gasteiger partial charge in [-0.2, -0.15) is 0 Å². The van der Waals surface area contributed by atoms with Gasteiger partial charge in [0.2, 0.25) is 0 Å². The smallest absolute Gasteiger partial charge is 0.179 e. The summed E-state index contributed by atoms with van der Waals surface area (Å²) >= 11 is 5.90. The van der Waals surface area contributed by atoms with Gasteiger partial charge in [-0.1, -0.05) is 24.4 Å². The number of fused-ring (bicyclic) bond motifs is 1. The van der Waals surface area contributed by atoms with E-state index in [9.17, 15) is 4.79 Å². The normalized spacial score (nSPS) is 27.9. The number of Topliss-reactive ketones (excluding diaryl/α,β-unsaturated/α-hetero) is 1. The zero-order valence-corrected chi connectivity index (χ0v) is 13.2. The largest absolute Gasteiger partial charge is 0.375 e. The second-order valence-electron chi connectivity index (χ2n) is 6.05. The maximum absolute atomic E-state index is 12.7. The third-order valence-electron chi connectivity index (χ3n) is 4.78. The van der Waals surface area contributed by atoms with E-state index in [1.165, 1.54) is 12.8 Å². The monoisotopic (exact) mass is 307 g/mol. The number of hydrogen-bond donors (Lipinski definition) is 0. The van der Waals surface area contributed by atoms with E-state index in [1.54, 1.807) is 12.1 Å². The summed E-state index contributed by atoms with van der Waals surface area (Å²) in [6.45, 7) is 3.61. The molecule has 3 rings (SSSR count). The first-order valence-electron chi connectivity index (χ1n) is 7.84. The van der Waals surface area contributed by atoms with Gasteiger partial charge in [0.1, 0.15) is 0 Å². The molecule has 2 fully saturated rings. The van der Waals surface area contributed by atoms with Crippen LogP contribution in [-0.4, -0.2) is 42.0 Å². The van der Waals surface area contributed by atoms with E-state index in [0.717, 1.165) is 31.6 Å². The fourth-order valence-electron chi connectivity index (χ4n) is 3.61. The molecule has 1 aliphatic carbocycles. The number of halogens is 1. The van der Waals surface area contributed by atoms with Gasteiger partial charge >= 0.3 is 0 Å². The van der Waals surface area contributed by atoms with E-state index in [4.69, 9.17) is 16.3 Å². The van der Waals surface area contributed by atoms with Crippen molar-refractivity contribution in [1.82, 2.24) is 4.90 Å². The van der Waals surface area contributed by atoms with E-state index in [2.05, 4.69) is 4.90 Å². The number of morpholine rings is 1. The van der Waals surface area contributed by atoms with Crippen LogP contribution in [0.5, 0.6) is 0 Å². The van der Waals surface area contributed by atoms with Gasteiger partial charge in [-0.15, -0.1) is 0 Å². The lowest BCUT2D eigenvalue weighted by Gasteiger charge is -2.46. The van der Waals surface area contributed by atoms with Crippen molar-refractivity contribution in [3.8, 4) is 0 Å². The first-order chi connectivity index (χ1) is 10.2.